The number of aryl methyl sites for hydroxylation is 1. The van der Waals surface area contributed by atoms with Crippen LogP contribution in [0, 0.1) is 17.0 Å². The summed E-state index contributed by atoms with van der Waals surface area (Å²) in [6.07, 6.45) is 3.22. The monoisotopic (exact) mass is 370 g/mol. The molecule has 0 aliphatic rings. The molecule has 1 heterocycles. The van der Waals surface area contributed by atoms with Gasteiger partial charge < -0.3 is 5.32 Å². The summed E-state index contributed by atoms with van der Waals surface area (Å²) >= 11 is 5.76. The van der Waals surface area contributed by atoms with Crippen LogP contribution < -0.4 is 5.32 Å². The van der Waals surface area contributed by atoms with Gasteiger partial charge in [0.2, 0.25) is 0 Å². The lowest BCUT2D eigenvalue weighted by Gasteiger charge is -2.04. The average molecular weight is 371 g/mol. The zero-order chi connectivity index (χ0) is 18.7. The van der Waals surface area contributed by atoms with E-state index in [0.29, 0.717) is 12.2 Å². The van der Waals surface area contributed by atoms with Crippen molar-refractivity contribution in [2.75, 3.05) is 5.32 Å². The van der Waals surface area contributed by atoms with E-state index >= 15 is 0 Å². The third-order valence-electron chi connectivity index (χ3n) is 3.72. The second kappa shape index (κ2) is 7.37. The first-order chi connectivity index (χ1) is 12.4. The Balaban J connectivity index is 1.72. The number of hydrogen-bond acceptors (Lipinski definition) is 4. The van der Waals surface area contributed by atoms with Crippen LogP contribution in [-0.4, -0.2) is 20.6 Å². The van der Waals surface area contributed by atoms with Crippen molar-refractivity contribution in [1.82, 2.24) is 9.78 Å². The Hall–Kier alpha value is -3.19. The SMILES string of the molecule is Cc1cccc(Cn2cc(NC(=O)c3ccc(Cl)c([N+](=O)[O-])c3)cn2)c1. The fourth-order valence-electron chi connectivity index (χ4n) is 2.51. The quantitative estimate of drug-likeness (QED) is 0.541. The van der Waals surface area contributed by atoms with E-state index < -0.39 is 10.8 Å². The number of aromatic nitrogens is 2. The van der Waals surface area contributed by atoms with Crippen LogP contribution in [0.5, 0.6) is 0 Å². The highest BCUT2D eigenvalue weighted by Gasteiger charge is 2.16. The largest absolute Gasteiger partial charge is 0.319 e. The molecule has 0 aliphatic carbocycles. The maximum Gasteiger partial charge on any atom is 0.288 e. The summed E-state index contributed by atoms with van der Waals surface area (Å²) in [5.41, 5.74) is 2.59. The van der Waals surface area contributed by atoms with Gasteiger partial charge in [-0.15, -0.1) is 0 Å². The van der Waals surface area contributed by atoms with Gasteiger partial charge in [-0.2, -0.15) is 5.10 Å². The highest BCUT2D eigenvalue weighted by molar-refractivity contribution is 6.32. The van der Waals surface area contributed by atoms with Crippen molar-refractivity contribution in [3.8, 4) is 0 Å². The lowest BCUT2D eigenvalue weighted by molar-refractivity contribution is -0.384. The van der Waals surface area contributed by atoms with Crippen LogP contribution in [0.15, 0.2) is 54.9 Å². The summed E-state index contributed by atoms with van der Waals surface area (Å²) in [5, 5.41) is 17.8. The molecule has 26 heavy (non-hydrogen) atoms. The van der Waals surface area contributed by atoms with E-state index in [2.05, 4.69) is 16.5 Å². The number of nitro benzene ring substituents is 1. The molecule has 7 nitrogen and oxygen atoms in total. The average Bonchev–Trinajstić information content (AvgIpc) is 3.01. The Morgan fingerprint density at radius 3 is 2.85 bits per heavy atom. The summed E-state index contributed by atoms with van der Waals surface area (Å²) in [5.74, 6) is -0.472. The summed E-state index contributed by atoms with van der Waals surface area (Å²) in [6, 6.07) is 12.0. The van der Waals surface area contributed by atoms with Crippen molar-refractivity contribution in [1.29, 1.82) is 0 Å². The Morgan fingerprint density at radius 1 is 1.31 bits per heavy atom. The number of rotatable bonds is 5. The second-order valence-corrected chi connectivity index (χ2v) is 6.20. The van der Waals surface area contributed by atoms with E-state index in [1.54, 1.807) is 10.9 Å². The van der Waals surface area contributed by atoms with Crippen molar-refractivity contribution in [2.45, 2.75) is 13.5 Å². The van der Waals surface area contributed by atoms with Crippen LogP contribution in [0.3, 0.4) is 0 Å². The molecule has 2 aromatic carbocycles. The van der Waals surface area contributed by atoms with Gasteiger partial charge in [-0.05, 0) is 24.6 Å². The number of nitrogens with zero attached hydrogens (tertiary/aromatic N) is 3. The molecule has 0 radical (unpaired) electrons. The van der Waals surface area contributed by atoms with Gasteiger partial charge in [-0.3, -0.25) is 19.6 Å². The zero-order valence-electron chi connectivity index (χ0n) is 13.8. The lowest BCUT2D eigenvalue weighted by atomic mass is 10.1. The molecule has 1 N–H and O–H groups in total. The summed E-state index contributed by atoms with van der Waals surface area (Å²) in [6.45, 7) is 2.59. The molecule has 0 fully saturated rings. The zero-order valence-corrected chi connectivity index (χ0v) is 14.6. The van der Waals surface area contributed by atoms with E-state index in [1.165, 1.54) is 18.3 Å². The first-order valence-corrected chi connectivity index (χ1v) is 8.13. The minimum absolute atomic E-state index is 0.0162. The summed E-state index contributed by atoms with van der Waals surface area (Å²) < 4.78 is 1.70. The number of halogens is 1. The Labute approximate surface area is 154 Å². The van der Waals surface area contributed by atoms with Gasteiger partial charge in [0, 0.05) is 17.8 Å². The third kappa shape index (κ3) is 4.07. The smallest absolute Gasteiger partial charge is 0.288 e. The van der Waals surface area contributed by atoms with E-state index in [-0.39, 0.29) is 16.3 Å². The van der Waals surface area contributed by atoms with Gasteiger partial charge in [-0.1, -0.05) is 41.4 Å². The first kappa shape index (κ1) is 17.6. The van der Waals surface area contributed by atoms with Crippen molar-refractivity contribution in [3.63, 3.8) is 0 Å². The van der Waals surface area contributed by atoms with Crippen LogP contribution >= 0.6 is 11.6 Å². The maximum atomic E-state index is 12.3. The number of anilines is 1. The molecule has 8 heteroatoms. The van der Waals surface area contributed by atoms with Crippen molar-refractivity contribution in [3.05, 3.63) is 86.7 Å². The van der Waals surface area contributed by atoms with Crippen LogP contribution in [0.25, 0.3) is 0 Å². The van der Waals surface area contributed by atoms with Crippen molar-refractivity contribution < 1.29 is 9.72 Å². The molecule has 0 saturated carbocycles. The van der Waals surface area contributed by atoms with Gasteiger partial charge in [-0.25, -0.2) is 0 Å². The van der Waals surface area contributed by atoms with E-state index in [0.717, 1.165) is 17.2 Å². The molecule has 1 aromatic heterocycles. The predicted molar refractivity (Wildman–Crippen MR) is 98.6 cm³/mol. The number of carbonyl (C=O) groups excluding carboxylic acids is 1. The molecular formula is C18H15ClN4O3. The van der Waals surface area contributed by atoms with Crippen LogP contribution in [0.1, 0.15) is 21.5 Å². The molecule has 0 aliphatic heterocycles. The minimum Gasteiger partial charge on any atom is -0.319 e. The van der Waals surface area contributed by atoms with E-state index in [4.69, 9.17) is 11.6 Å². The molecule has 132 valence electrons. The van der Waals surface area contributed by atoms with E-state index in [9.17, 15) is 14.9 Å². The van der Waals surface area contributed by atoms with Crippen LogP contribution in [0.4, 0.5) is 11.4 Å². The van der Waals surface area contributed by atoms with Crippen LogP contribution in [0.2, 0.25) is 5.02 Å². The normalized spacial score (nSPS) is 10.5. The predicted octanol–water partition coefficient (Wildman–Crippen LogP) is 4.05. The summed E-state index contributed by atoms with van der Waals surface area (Å²) in [4.78, 5) is 22.6. The van der Waals surface area contributed by atoms with Gasteiger partial charge >= 0.3 is 0 Å². The lowest BCUT2D eigenvalue weighted by Crippen LogP contribution is -2.11. The van der Waals surface area contributed by atoms with Crippen molar-refractivity contribution in [2.24, 2.45) is 0 Å². The molecular weight excluding hydrogens is 356 g/mol. The number of amides is 1. The molecule has 3 rings (SSSR count). The maximum absolute atomic E-state index is 12.3. The first-order valence-electron chi connectivity index (χ1n) is 7.75. The molecule has 0 unspecified atom stereocenters. The molecule has 1 amide bonds. The van der Waals surface area contributed by atoms with Crippen molar-refractivity contribution >= 4 is 28.9 Å². The second-order valence-electron chi connectivity index (χ2n) is 5.79. The van der Waals surface area contributed by atoms with Gasteiger partial charge in [0.1, 0.15) is 5.02 Å². The topological polar surface area (TPSA) is 90.1 Å². The Morgan fingerprint density at radius 2 is 2.12 bits per heavy atom. The fraction of sp³-hybridized carbons (Fsp3) is 0.111. The van der Waals surface area contributed by atoms with Crippen LogP contribution in [-0.2, 0) is 6.54 Å². The molecule has 0 bridgehead atoms. The molecule has 3 aromatic rings. The third-order valence-corrected chi connectivity index (χ3v) is 4.04. The Kier molecular flexibility index (Phi) is 4.99. The molecule has 0 atom stereocenters. The minimum atomic E-state index is -0.626. The van der Waals surface area contributed by atoms with E-state index in [1.807, 2.05) is 25.1 Å². The molecule has 0 saturated heterocycles. The number of hydrogen-bond donors (Lipinski definition) is 1. The number of carbonyl (C=O) groups is 1. The standard InChI is InChI=1S/C18H15ClN4O3/c1-12-3-2-4-13(7-12)10-22-11-15(9-20-22)21-18(24)14-5-6-16(19)17(8-14)23(25)26/h2-9,11H,10H2,1H3,(H,21,24). The fourth-order valence-corrected chi connectivity index (χ4v) is 2.70. The summed E-state index contributed by atoms with van der Waals surface area (Å²) in [7, 11) is 0. The highest BCUT2D eigenvalue weighted by atomic mass is 35.5. The van der Waals surface area contributed by atoms with Gasteiger partial charge in [0.25, 0.3) is 11.6 Å². The Bertz CT molecular complexity index is 984. The highest BCUT2D eigenvalue weighted by Crippen LogP contribution is 2.25. The van der Waals surface area contributed by atoms with Gasteiger partial charge in [0.05, 0.1) is 23.4 Å². The molecule has 0 spiro atoms. The number of benzene rings is 2. The number of nitro groups is 1. The van der Waals surface area contributed by atoms with Gasteiger partial charge in [0.15, 0.2) is 0 Å². The number of nitrogens with one attached hydrogen (secondary N) is 1.